The van der Waals surface area contributed by atoms with Crippen LogP contribution in [0, 0.1) is 0 Å². The number of hydrogen-bond donors (Lipinski definition) is 0. The van der Waals surface area contributed by atoms with Crippen molar-refractivity contribution in [2.75, 3.05) is 13.2 Å². The molecule has 2 rings (SSSR count). The first-order chi connectivity index (χ1) is 11.1. The maximum atomic E-state index is 6.36. The van der Waals surface area contributed by atoms with Crippen LogP contribution in [0.15, 0.2) is 12.7 Å². The average molecular weight is 359 g/mol. The van der Waals surface area contributed by atoms with E-state index < -0.39 is 17.8 Å². The lowest BCUT2D eigenvalue weighted by atomic mass is 10.2. The van der Waals surface area contributed by atoms with Crippen molar-refractivity contribution >= 4 is 17.8 Å². The van der Waals surface area contributed by atoms with Crippen LogP contribution in [-0.4, -0.2) is 43.3 Å². The van der Waals surface area contributed by atoms with E-state index in [4.69, 9.17) is 17.7 Å². The van der Waals surface area contributed by atoms with Crippen LogP contribution in [0.4, 0.5) is 0 Å². The molecule has 0 bridgehead atoms. The van der Waals surface area contributed by atoms with Crippen molar-refractivity contribution in [1.82, 2.24) is 0 Å². The van der Waals surface area contributed by atoms with Gasteiger partial charge in [-0.1, -0.05) is 18.9 Å². The van der Waals surface area contributed by atoms with Crippen LogP contribution in [0.5, 0.6) is 0 Å². The van der Waals surface area contributed by atoms with E-state index in [1.54, 1.807) is 0 Å². The van der Waals surface area contributed by atoms with Gasteiger partial charge < -0.3 is 17.7 Å². The van der Waals surface area contributed by atoms with Gasteiger partial charge in [0.25, 0.3) is 0 Å². The molecule has 23 heavy (non-hydrogen) atoms. The molecule has 2 fully saturated rings. The summed E-state index contributed by atoms with van der Waals surface area (Å²) < 4.78 is 24.5. The quantitative estimate of drug-likeness (QED) is 0.460. The van der Waals surface area contributed by atoms with Gasteiger partial charge >= 0.3 is 8.80 Å². The molecule has 2 aliphatic rings. The molecule has 2 aliphatic heterocycles. The van der Waals surface area contributed by atoms with Gasteiger partial charge in [0.1, 0.15) is 0 Å². The summed E-state index contributed by atoms with van der Waals surface area (Å²) in [7, 11) is -3.41. The first-order valence-corrected chi connectivity index (χ1v) is 13.4. The third-order valence-corrected chi connectivity index (χ3v) is 10.6. The van der Waals surface area contributed by atoms with Crippen LogP contribution in [0.2, 0.25) is 18.1 Å². The Labute approximate surface area is 144 Å². The van der Waals surface area contributed by atoms with E-state index in [0.717, 1.165) is 38.5 Å². The second-order valence-corrected chi connectivity index (χ2v) is 12.3. The molecule has 4 nitrogen and oxygen atoms in total. The topological polar surface area (TPSA) is 36.9 Å². The highest BCUT2D eigenvalue weighted by molar-refractivity contribution is 6.61. The van der Waals surface area contributed by atoms with Gasteiger partial charge in [-0.2, -0.15) is 0 Å². The Morgan fingerprint density at radius 3 is 2.65 bits per heavy atom. The van der Waals surface area contributed by atoms with Crippen molar-refractivity contribution in [2.45, 2.75) is 82.7 Å². The first kappa shape index (κ1) is 19.3. The van der Waals surface area contributed by atoms with Crippen LogP contribution >= 0.6 is 0 Å². The predicted molar refractivity (Wildman–Crippen MR) is 98.2 cm³/mol. The summed E-state index contributed by atoms with van der Waals surface area (Å²) in [5.41, 5.74) is 0. The van der Waals surface area contributed by atoms with Crippen LogP contribution in [0.1, 0.15) is 52.4 Å². The molecular weight excluding hydrogens is 324 g/mol. The SMILES string of the molecule is C=CC(C)O[Si]1(OC(C)CCC[SiH]2CCCCO2)CCCCO1. The van der Waals surface area contributed by atoms with E-state index in [2.05, 4.69) is 13.5 Å². The molecule has 0 aliphatic carbocycles. The van der Waals surface area contributed by atoms with Gasteiger partial charge in [0.2, 0.25) is 0 Å². The maximum absolute atomic E-state index is 6.36. The zero-order valence-corrected chi connectivity index (χ0v) is 17.1. The summed E-state index contributed by atoms with van der Waals surface area (Å²) in [6.07, 6.45) is 9.20. The highest BCUT2D eigenvalue weighted by Crippen LogP contribution is 2.28. The second-order valence-electron chi connectivity index (χ2n) is 6.90. The Kier molecular flexibility index (Phi) is 8.50. The monoisotopic (exact) mass is 358 g/mol. The Morgan fingerprint density at radius 2 is 2.00 bits per heavy atom. The molecule has 0 N–H and O–H groups in total. The van der Waals surface area contributed by atoms with E-state index in [9.17, 15) is 0 Å². The van der Waals surface area contributed by atoms with Crippen LogP contribution in [0.25, 0.3) is 0 Å². The molecule has 0 amide bonds. The third-order valence-electron chi connectivity index (χ3n) is 4.69. The molecule has 0 aromatic heterocycles. The first-order valence-electron chi connectivity index (χ1n) is 9.37. The van der Waals surface area contributed by atoms with Gasteiger partial charge in [-0.25, -0.2) is 0 Å². The van der Waals surface area contributed by atoms with Crippen molar-refractivity contribution in [2.24, 2.45) is 0 Å². The van der Waals surface area contributed by atoms with Gasteiger partial charge in [0, 0.05) is 25.4 Å². The summed E-state index contributed by atoms with van der Waals surface area (Å²) in [6, 6.07) is 3.58. The minimum Gasteiger partial charge on any atom is -0.420 e. The minimum absolute atomic E-state index is 0.00462. The lowest BCUT2D eigenvalue weighted by Gasteiger charge is -2.36. The summed E-state index contributed by atoms with van der Waals surface area (Å²) in [5, 5.41) is 0. The van der Waals surface area contributed by atoms with Crippen molar-refractivity contribution in [3.63, 3.8) is 0 Å². The van der Waals surface area contributed by atoms with Gasteiger partial charge in [0.15, 0.2) is 9.04 Å². The Balaban J connectivity index is 1.75. The van der Waals surface area contributed by atoms with E-state index in [1.807, 2.05) is 13.0 Å². The molecule has 2 heterocycles. The van der Waals surface area contributed by atoms with E-state index >= 15 is 0 Å². The largest absolute Gasteiger partial charge is 0.501 e. The Morgan fingerprint density at radius 1 is 1.17 bits per heavy atom. The zero-order chi connectivity index (χ0) is 16.5. The van der Waals surface area contributed by atoms with Crippen molar-refractivity contribution in [1.29, 1.82) is 0 Å². The summed E-state index contributed by atoms with van der Waals surface area (Å²) in [4.78, 5) is 0. The Hall–Kier alpha value is 0.0138. The van der Waals surface area contributed by atoms with Gasteiger partial charge in [0.05, 0.1) is 6.10 Å². The van der Waals surface area contributed by atoms with Crippen molar-refractivity contribution in [3.8, 4) is 0 Å². The molecule has 2 saturated heterocycles. The van der Waals surface area contributed by atoms with Crippen molar-refractivity contribution < 1.29 is 17.7 Å². The normalized spacial score (nSPS) is 31.5. The summed E-state index contributed by atoms with van der Waals surface area (Å²) in [5.74, 6) is 0. The molecule has 0 radical (unpaired) electrons. The van der Waals surface area contributed by atoms with Gasteiger partial charge in [-0.15, -0.1) is 6.58 Å². The maximum Gasteiger partial charge on any atom is 0.501 e. The minimum atomic E-state index is -2.51. The van der Waals surface area contributed by atoms with Gasteiger partial charge in [-0.05, 0) is 51.6 Å². The molecule has 0 spiro atoms. The molecule has 0 aromatic carbocycles. The predicted octanol–water partition coefficient (Wildman–Crippen LogP) is 4.05. The fraction of sp³-hybridized carbons (Fsp3) is 0.882. The Bertz CT molecular complexity index is 341. The molecular formula is C17H34O4Si2. The van der Waals surface area contributed by atoms with Crippen LogP contribution in [0.3, 0.4) is 0 Å². The second kappa shape index (κ2) is 10.1. The van der Waals surface area contributed by atoms with Crippen LogP contribution < -0.4 is 0 Å². The highest BCUT2D eigenvalue weighted by Gasteiger charge is 2.45. The average Bonchev–Trinajstić information content (AvgIpc) is 2.56. The fourth-order valence-corrected chi connectivity index (χ4v) is 8.98. The number of hydrogen-bond acceptors (Lipinski definition) is 4. The highest BCUT2D eigenvalue weighted by atomic mass is 28.4. The number of rotatable bonds is 9. The molecule has 0 aromatic rings. The summed E-state index contributed by atoms with van der Waals surface area (Å²) >= 11 is 0. The van der Waals surface area contributed by atoms with E-state index in [1.165, 1.54) is 31.4 Å². The zero-order valence-electron chi connectivity index (χ0n) is 14.9. The van der Waals surface area contributed by atoms with Crippen molar-refractivity contribution in [3.05, 3.63) is 12.7 Å². The van der Waals surface area contributed by atoms with E-state index in [-0.39, 0.29) is 12.2 Å². The van der Waals surface area contributed by atoms with E-state index in [0.29, 0.717) is 0 Å². The summed E-state index contributed by atoms with van der Waals surface area (Å²) in [6.45, 7) is 9.76. The fourth-order valence-electron chi connectivity index (χ4n) is 3.32. The molecule has 0 saturated carbocycles. The molecule has 134 valence electrons. The lowest BCUT2D eigenvalue weighted by molar-refractivity contribution is 0.00834. The lowest BCUT2D eigenvalue weighted by Crippen LogP contribution is -2.51. The molecule has 4 atom stereocenters. The van der Waals surface area contributed by atoms with Crippen LogP contribution in [-0.2, 0) is 17.7 Å². The molecule has 6 heteroatoms. The standard InChI is InChI=1S/C17H34O4Si2/c1-4-16(2)20-23(15-8-6-12-19-23)21-17(3)10-9-14-22-13-7-5-11-18-22/h4,16-17,22H,1,5-15H2,2-3H3. The smallest absolute Gasteiger partial charge is 0.420 e. The van der Waals surface area contributed by atoms with Gasteiger partial charge in [-0.3, -0.25) is 0 Å². The molecule has 4 unspecified atom stereocenters. The third kappa shape index (κ3) is 6.80.